The Bertz CT molecular complexity index is 425. The summed E-state index contributed by atoms with van der Waals surface area (Å²) in [5.41, 5.74) is 0.465. The van der Waals surface area contributed by atoms with E-state index in [0.717, 1.165) is 19.4 Å². The van der Waals surface area contributed by atoms with Crippen LogP contribution in [-0.4, -0.2) is 50.6 Å². The van der Waals surface area contributed by atoms with Crippen molar-refractivity contribution in [2.75, 3.05) is 33.4 Å². The summed E-state index contributed by atoms with van der Waals surface area (Å²) in [6.45, 7) is 2.93. The first-order valence-electron chi connectivity index (χ1n) is 5.86. The van der Waals surface area contributed by atoms with Crippen LogP contribution in [0, 0.1) is 0 Å². The van der Waals surface area contributed by atoms with Gasteiger partial charge in [-0.15, -0.1) is 0 Å². The molecule has 98 valence electrons. The molecule has 1 saturated heterocycles. The molecule has 1 unspecified atom stereocenters. The fourth-order valence-corrected chi connectivity index (χ4v) is 2.07. The van der Waals surface area contributed by atoms with E-state index in [2.05, 4.69) is 11.9 Å². The second-order valence-corrected chi connectivity index (χ2v) is 4.80. The average molecular weight is 270 g/mol. The van der Waals surface area contributed by atoms with Crippen molar-refractivity contribution in [3.63, 3.8) is 0 Å². The van der Waals surface area contributed by atoms with Gasteiger partial charge in [0.25, 0.3) is 0 Å². The highest BCUT2D eigenvalue weighted by atomic mass is 35.5. The standard InChI is InChI=1S/C13H16ClNO3/c1-15-4-5-17-12(7-15)9-18-13-3-2-11(14)6-10(13)8-16/h2-3,6,8,12H,4-5,7,9H2,1H3. The third-order valence-electron chi connectivity index (χ3n) is 2.87. The minimum absolute atomic E-state index is 0.0407. The number of hydrogen-bond donors (Lipinski definition) is 0. The Morgan fingerprint density at radius 1 is 1.61 bits per heavy atom. The van der Waals surface area contributed by atoms with E-state index >= 15 is 0 Å². The Morgan fingerprint density at radius 3 is 3.17 bits per heavy atom. The van der Waals surface area contributed by atoms with Crippen LogP contribution in [0.1, 0.15) is 10.4 Å². The lowest BCUT2D eigenvalue weighted by Gasteiger charge is -2.29. The van der Waals surface area contributed by atoms with Crippen LogP contribution in [0.5, 0.6) is 5.75 Å². The largest absolute Gasteiger partial charge is 0.490 e. The van der Waals surface area contributed by atoms with E-state index in [9.17, 15) is 4.79 Å². The van der Waals surface area contributed by atoms with Crippen LogP contribution in [0.15, 0.2) is 18.2 Å². The minimum Gasteiger partial charge on any atom is -0.490 e. The summed E-state index contributed by atoms with van der Waals surface area (Å²) in [6.07, 6.45) is 0.786. The molecule has 2 rings (SSSR count). The third-order valence-corrected chi connectivity index (χ3v) is 3.10. The van der Waals surface area contributed by atoms with E-state index in [1.807, 2.05) is 0 Å². The second kappa shape index (κ2) is 6.18. The summed E-state index contributed by atoms with van der Waals surface area (Å²) in [4.78, 5) is 13.1. The first-order valence-corrected chi connectivity index (χ1v) is 6.24. The smallest absolute Gasteiger partial charge is 0.153 e. The van der Waals surface area contributed by atoms with Crippen molar-refractivity contribution in [2.24, 2.45) is 0 Å². The number of likely N-dealkylation sites (N-methyl/N-ethyl adjacent to an activating group) is 1. The van der Waals surface area contributed by atoms with Gasteiger partial charge >= 0.3 is 0 Å². The molecule has 0 aromatic heterocycles. The van der Waals surface area contributed by atoms with Crippen molar-refractivity contribution >= 4 is 17.9 Å². The zero-order chi connectivity index (χ0) is 13.0. The van der Waals surface area contributed by atoms with Crippen molar-refractivity contribution in [1.82, 2.24) is 4.90 Å². The van der Waals surface area contributed by atoms with Crippen LogP contribution in [0.25, 0.3) is 0 Å². The molecule has 0 bridgehead atoms. The van der Waals surface area contributed by atoms with Gasteiger partial charge in [0.05, 0.1) is 12.2 Å². The van der Waals surface area contributed by atoms with Crippen LogP contribution in [-0.2, 0) is 4.74 Å². The van der Waals surface area contributed by atoms with Crippen LogP contribution in [0.2, 0.25) is 5.02 Å². The second-order valence-electron chi connectivity index (χ2n) is 4.37. The Morgan fingerprint density at radius 2 is 2.44 bits per heavy atom. The first kappa shape index (κ1) is 13.3. The Kier molecular flexibility index (Phi) is 4.58. The molecular weight excluding hydrogens is 254 g/mol. The number of hydrogen-bond acceptors (Lipinski definition) is 4. The van der Waals surface area contributed by atoms with Gasteiger partial charge in [0.15, 0.2) is 6.29 Å². The average Bonchev–Trinajstić information content (AvgIpc) is 2.37. The monoisotopic (exact) mass is 269 g/mol. The Balaban J connectivity index is 1.95. The summed E-state index contributed by atoms with van der Waals surface area (Å²) in [7, 11) is 2.05. The van der Waals surface area contributed by atoms with Gasteiger partial charge < -0.3 is 14.4 Å². The molecule has 1 aliphatic heterocycles. The summed E-state index contributed by atoms with van der Waals surface area (Å²) in [6, 6.07) is 5.01. The van der Waals surface area contributed by atoms with Crippen molar-refractivity contribution in [3.05, 3.63) is 28.8 Å². The summed E-state index contributed by atoms with van der Waals surface area (Å²) in [5.74, 6) is 0.547. The zero-order valence-electron chi connectivity index (χ0n) is 10.3. The van der Waals surface area contributed by atoms with E-state index in [1.54, 1.807) is 18.2 Å². The van der Waals surface area contributed by atoms with E-state index in [4.69, 9.17) is 21.1 Å². The predicted molar refractivity (Wildman–Crippen MR) is 69.6 cm³/mol. The maximum absolute atomic E-state index is 10.9. The van der Waals surface area contributed by atoms with Crippen LogP contribution in [0.3, 0.4) is 0 Å². The number of nitrogens with zero attached hydrogens (tertiary/aromatic N) is 1. The summed E-state index contributed by atoms with van der Waals surface area (Å²) in [5, 5.41) is 0.526. The van der Waals surface area contributed by atoms with E-state index in [1.165, 1.54) is 0 Å². The predicted octanol–water partition coefficient (Wildman–Crippen LogP) is 1.86. The highest BCUT2D eigenvalue weighted by molar-refractivity contribution is 6.30. The number of aldehydes is 1. The molecule has 18 heavy (non-hydrogen) atoms. The van der Waals surface area contributed by atoms with Crippen LogP contribution < -0.4 is 4.74 Å². The van der Waals surface area contributed by atoms with Gasteiger partial charge in [0.2, 0.25) is 0 Å². The van der Waals surface area contributed by atoms with Gasteiger partial charge in [-0.25, -0.2) is 0 Å². The molecule has 0 aliphatic carbocycles. The van der Waals surface area contributed by atoms with Crippen molar-refractivity contribution in [2.45, 2.75) is 6.10 Å². The van der Waals surface area contributed by atoms with Crippen LogP contribution >= 0.6 is 11.6 Å². The molecule has 1 aromatic rings. The number of benzene rings is 1. The highest BCUT2D eigenvalue weighted by Gasteiger charge is 2.18. The van der Waals surface area contributed by atoms with Gasteiger partial charge in [-0.1, -0.05) is 11.6 Å². The minimum atomic E-state index is 0.0407. The summed E-state index contributed by atoms with van der Waals surface area (Å²) >= 11 is 5.82. The van der Waals surface area contributed by atoms with Crippen molar-refractivity contribution < 1.29 is 14.3 Å². The SMILES string of the molecule is CN1CCOC(COc2ccc(Cl)cc2C=O)C1. The number of ether oxygens (including phenoxy) is 2. The lowest BCUT2D eigenvalue weighted by atomic mass is 10.2. The van der Waals surface area contributed by atoms with Crippen molar-refractivity contribution in [1.29, 1.82) is 0 Å². The molecule has 0 radical (unpaired) electrons. The molecule has 0 N–H and O–H groups in total. The van der Waals surface area contributed by atoms with Gasteiger partial charge in [0.1, 0.15) is 18.5 Å². The lowest BCUT2D eigenvalue weighted by molar-refractivity contribution is -0.0404. The third kappa shape index (κ3) is 3.45. The van der Waals surface area contributed by atoms with Crippen molar-refractivity contribution in [3.8, 4) is 5.75 Å². The van der Waals surface area contributed by atoms with E-state index < -0.39 is 0 Å². The molecule has 0 saturated carbocycles. The summed E-state index contributed by atoms with van der Waals surface area (Å²) < 4.78 is 11.2. The molecule has 4 nitrogen and oxygen atoms in total. The lowest BCUT2D eigenvalue weighted by Crippen LogP contribution is -2.42. The highest BCUT2D eigenvalue weighted by Crippen LogP contribution is 2.21. The van der Waals surface area contributed by atoms with Gasteiger partial charge in [-0.05, 0) is 25.2 Å². The normalized spacial score (nSPS) is 20.7. The maximum Gasteiger partial charge on any atom is 0.153 e. The Labute approximate surface area is 111 Å². The Hall–Kier alpha value is -1.10. The zero-order valence-corrected chi connectivity index (χ0v) is 11.0. The van der Waals surface area contributed by atoms with Gasteiger partial charge in [0, 0.05) is 18.1 Å². The molecule has 0 spiro atoms. The number of carbonyl (C=O) groups is 1. The number of carbonyl (C=O) groups excluding carboxylic acids is 1. The molecule has 1 aromatic carbocycles. The quantitative estimate of drug-likeness (QED) is 0.782. The van der Waals surface area contributed by atoms with Gasteiger partial charge in [-0.2, -0.15) is 0 Å². The van der Waals surface area contributed by atoms with E-state index in [0.29, 0.717) is 29.5 Å². The number of rotatable bonds is 4. The molecule has 1 aliphatic rings. The molecular formula is C13H16ClNO3. The molecule has 1 heterocycles. The van der Waals surface area contributed by atoms with E-state index in [-0.39, 0.29) is 6.10 Å². The van der Waals surface area contributed by atoms with Crippen LogP contribution in [0.4, 0.5) is 0 Å². The maximum atomic E-state index is 10.9. The fraction of sp³-hybridized carbons (Fsp3) is 0.462. The number of halogens is 1. The molecule has 1 fully saturated rings. The molecule has 5 heteroatoms. The number of morpholine rings is 1. The first-order chi connectivity index (χ1) is 8.69. The molecule has 1 atom stereocenters. The molecule has 0 amide bonds. The van der Waals surface area contributed by atoms with Gasteiger partial charge in [-0.3, -0.25) is 4.79 Å². The fourth-order valence-electron chi connectivity index (χ4n) is 1.89. The topological polar surface area (TPSA) is 38.8 Å².